The Morgan fingerprint density at radius 1 is 1.07 bits per heavy atom. The molecular formula is C22H17FN2O2. The highest BCUT2D eigenvalue weighted by Crippen LogP contribution is 2.53. The van der Waals surface area contributed by atoms with Gasteiger partial charge in [-0.15, -0.1) is 0 Å². The summed E-state index contributed by atoms with van der Waals surface area (Å²) in [6.45, 7) is 0. The van der Waals surface area contributed by atoms with Crippen LogP contribution in [0.4, 0.5) is 15.8 Å². The molecule has 0 saturated carbocycles. The number of nitrogens with zero attached hydrogens (tertiary/aromatic N) is 1. The van der Waals surface area contributed by atoms with Crippen LogP contribution in [0, 0.1) is 21.8 Å². The number of anilines is 1. The van der Waals surface area contributed by atoms with Gasteiger partial charge in [0.2, 0.25) is 0 Å². The maximum absolute atomic E-state index is 14.7. The highest BCUT2D eigenvalue weighted by molar-refractivity contribution is 5.87. The van der Waals surface area contributed by atoms with Crippen LogP contribution in [0.5, 0.6) is 0 Å². The number of nitro benzene ring substituents is 1. The number of nitro groups is 1. The Morgan fingerprint density at radius 2 is 1.89 bits per heavy atom. The second-order valence-corrected chi connectivity index (χ2v) is 7.16. The van der Waals surface area contributed by atoms with Gasteiger partial charge < -0.3 is 5.32 Å². The van der Waals surface area contributed by atoms with E-state index in [9.17, 15) is 14.5 Å². The number of hydrogen-bond acceptors (Lipinski definition) is 3. The Labute approximate surface area is 155 Å². The van der Waals surface area contributed by atoms with Crippen LogP contribution in [0.2, 0.25) is 0 Å². The summed E-state index contributed by atoms with van der Waals surface area (Å²) >= 11 is 0. The van der Waals surface area contributed by atoms with Crippen molar-refractivity contribution < 1.29 is 9.31 Å². The molecule has 2 aliphatic rings. The summed E-state index contributed by atoms with van der Waals surface area (Å²) in [5.41, 5.74) is 1.81. The first-order chi connectivity index (χ1) is 13.1. The van der Waals surface area contributed by atoms with Gasteiger partial charge >= 0.3 is 0 Å². The van der Waals surface area contributed by atoms with Crippen LogP contribution in [0.25, 0.3) is 10.8 Å². The molecule has 0 fully saturated rings. The van der Waals surface area contributed by atoms with Crippen LogP contribution in [0.1, 0.15) is 29.5 Å². The Bertz CT molecular complexity index is 1100. The molecule has 3 aromatic rings. The summed E-state index contributed by atoms with van der Waals surface area (Å²) in [5, 5.41) is 17.1. The molecule has 0 amide bonds. The monoisotopic (exact) mass is 360 g/mol. The van der Waals surface area contributed by atoms with E-state index in [2.05, 4.69) is 35.7 Å². The minimum Gasteiger partial charge on any atom is -0.375 e. The number of allylic oxidation sites excluding steroid dienone is 2. The molecule has 3 unspecified atom stereocenters. The van der Waals surface area contributed by atoms with E-state index in [0.717, 1.165) is 22.8 Å². The maximum Gasteiger partial charge on any atom is 0.275 e. The van der Waals surface area contributed by atoms with Crippen molar-refractivity contribution >= 4 is 22.1 Å². The normalized spacial score (nSPS) is 22.9. The largest absolute Gasteiger partial charge is 0.375 e. The van der Waals surface area contributed by atoms with Crippen molar-refractivity contribution in [3.05, 3.63) is 93.8 Å². The molecule has 27 heavy (non-hydrogen) atoms. The molecule has 4 nitrogen and oxygen atoms in total. The fourth-order valence-electron chi connectivity index (χ4n) is 4.64. The summed E-state index contributed by atoms with van der Waals surface area (Å²) in [4.78, 5) is 11.1. The maximum atomic E-state index is 14.7. The van der Waals surface area contributed by atoms with Gasteiger partial charge in [-0.05, 0) is 34.7 Å². The van der Waals surface area contributed by atoms with Crippen LogP contribution in [-0.4, -0.2) is 4.92 Å². The summed E-state index contributed by atoms with van der Waals surface area (Å²) in [6, 6.07) is 16.6. The predicted molar refractivity (Wildman–Crippen MR) is 103 cm³/mol. The molecule has 3 atom stereocenters. The smallest absolute Gasteiger partial charge is 0.275 e. The number of hydrogen-bond donors (Lipinski definition) is 1. The Kier molecular flexibility index (Phi) is 3.50. The van der Waals surface area contributed by atoms with Crippen molar-refractivity contribution in [2.75, 3.05) is 5.32 Å². The average molecular weight is 360 g/mol. The van der Waals surface area contributed by atoms with E-state index in [4.69, 9.17) is 0 Å². The van der Waals surface area contributed by atoms with E-state index < -0.39 is 10.7 Å². The molecule has 3 aromatic carbocycles. The van der Waals surface area contributed by atoms with Crippen LogP contribution in [-0.2, 0) is 0 Å². The minimum atomic E-state index is -0.445. The number of fused-ring (bicyclic) bond motifs is 4. The zero-order chi connectivity index (χ0) is 18.5. The first-order valence-corrected chi connectivity index (χ1v) is 9.03. The van der Waals surface area contributed by atoms with Gasteiger partial charge in [-0.3, -0.25) is 10.1 Å². The first kappa shape index (κ1) is 16.0. The van der Waals surface area contributed by atoms with Crippen molar-refractivity contribution in [3.63, 3.8) is 0 Å². The predicted octanol–water partition coefficient (Wildman–Crippen LogP) is 5.71. The van der Waals surface area contributed by atoms with Gasteiger partial charge in [-0.25, -0.2) is 4.39 Å². The number of halogens is 1. The van der Waals surface area contributed by atoms with Gasteiger partial charge in [0, 0.05) is 12.0 Å². The number of benzene rings is 3. The standard InChI is InChI=1S/C22H17FN2O2/c23-18-11-12-19(25(26)27)20-15-8-4-10-17(15)21(24-22(18)20)16-9-3-6-13-5-1-2-7-14(13)16/h1-9,11-12,15,17,21,24H,10H2. The molecule has 0 bridgehead atoms. The second kappa shape index (κ2) is 5.91. The average Bonchev–Trinajstić information content (AvgIpc) is 3.17. The van der Waals surface area contributed by atoms with Crippen molar-refractivity contribution in [2.24, 2.45) is 5.92 Å². The third kappa shape index (κ3) is 2.35. The Hall–Kier alpha value is -3.21. The lowest BCUT2D eigenvalue weighted by atomic mass is 9.75. The van der Waals surface area contributed by atoms with Crippen LogP contribution in [0.15, 0.2) is 66.7 Å². The van der Waals surface area contributed by atoms with E-state index in [-0.39, 0.29) is 29.3 Å². The topological polar surface area (TPSA) is 55.2 Å². The van der Waals surface area contributed by atoms with E-state index in [1.807, 2.05) is 24.3 Å². The fourth-order valence-corrected chi connectivity index (χ4v) is 4.64. The third-order valence-electron chi connectivity index (χ3n) is 5.80. The van der Waals surface area contributed by atoms with Gasteiger partial charge in [0.25, 0.3) is 5.69 Å². The summed E-state index contributed by atoms with van der Waals surface area (Å²) < 4.78 is 14.7. The lowest BCUT2D eigenvalue weighted by molar-refractivity contribution is -0.385. The Balaban J connectivity index is 1.72. The minimum absolute atomic E-state index is 0.0168. The van der Waals surface area contributed by atoms with Gasteiger partial charge in [-0.1, -0.05) is 54.6 Å². The second-order valence-electron chi connectivity index (χ2n) is 7.16. The van der Waals surface area contributed by atoms with Crippen molar-refractivity contribution in [1.82, 2.24) is 0 Å². The van der Waals surface area contributed by atoms with Gasteiger partial charge in [0.1, 0.15) is 5.82 Å². The zero-order valence-electron chi connectivity index (χ0n) is 14.4. The third-order valence-corrected chi connectivity index (χ3v) is 5.80. The molecule has 1 aliphatic carbocycles. The molecule has 5 rings (SSSR count). The molecule has 134 valence electrons. The molecule has 0 spiro atoms. The van der Waals surface area contributed by atoms with E-state index in [0.29, 0.717) is 5.56 Å². The van der Waals surface area contributed by atoms with E-state index in [1.54, 1.807) is 0 Å². The number of rotatable bonds is 2. The molecule has 1 aliphatic heterocycles. The van der Waals surface area contributed by atoms with Gasteiger partial charge in [-0.2, -0.15) is 0 Å². The van der Waals surface area contributed by atoms with E-state index >= 15 is 0 Å². The van der Waals surface area contributed by atoms with Crippen molar-refractivity contribution in [3.8, 4) is 0 Å². The summed E-state index contributed by atoms with van der Waals surface area (Å²) in [7, 11) is 0. The van der Waals surface area contributed by atoms with Crippen LogP contribution < -0.4 is 5.32 Å². The zero-order valence-corrected chi connectivity index (χ0v) is 14.4. The molecule has 0 saturated heterocycles. The van der Waals surface area contributed by atoms with Crippen LogP contribution in [0.3, 0.4) is 0 Å². The summed E-state index contributed by atoms with van der Waals surface area (Å²) in [5.74, 6) is -0.496. The lowest BCUT2D eigenvalue weighted by Gasteiger charge is -2.37. The van der Waals surface area contributed by atoms with E-state index in [1.165, 1.54) is 12.1 Å². The molecule has 0 radical (unpaired) electrons. The summed E-state index contributed by atoms with van der Waals surface area (Å²) in [6.07, 6.45) is 4.85. The van der Waals surface area contributed by atoms with Gasteiger partial charge in [0.15, 0.2) is 0 Å². The fraction of sp³-hybridized carbons (Fsp3) is 0.182. The molecular weight excluding hydrogens is 343 g/mol. The highest BCUT2D eigenvalue weighted by Gasteiger charge is 2.43. The van der Waals surface area contributed by atoms with Crippen LogP contribution >= 0.6 is 0 Å². The highest BCUT2D eigenvalue weighted by atomic mass is 19.1. The molecule has 1 N–H and O–H groups in total. The quantitative estimate of drug-likeness (QED) is 0.362. The SMILES string of the molecule is O=[N+]([O-])c1ccc(F)c2c1C1C=CCC1C(c1cccc3ccccc13)N2. The first-order valence-electron chi connectivity index (χ1n) is 9.03. The lowest BCUT2D eigenvalue weighted by Crippen LogP contribution is -2.30. The van der Waals surface area contributed by atoms with Crippen molar-refractivity contribution in [1.29, 1.82) is 0 Å². The Morgan fingerprint density at radius 3 is 2.74 bits per heavy atom. The molecule has 0 aromatic heterocycles. The number of nitrogens with one attached hydrogen (secondary N) is 1. The molecule has 5 heteroatoms. The van der Waals surface area contributed by atoms with Crippen molar-refractivity contribution in [2.45, 2.75) is 18.4 Å². The molecule has 1 heterocycles. The van der Waals surface area contributed by atoms with Gasteiger partial charge in [0.05, 0.1) is 22.2 Å².